The molecular formula is C29H31Cl2F6N3O2. The standard InChI is InChI=1S/C29H29F6N3O2.2ClH/c1-40-26-16-22(15-24(17-26)29(33,34)35)27(39)38-13-12-37(11-3-5-21-4-2-10-36-18-21)19-25(38)14-20-6-8-23(9-7-20)28(30,31)32;;/h2,4,6-10,15-18,25H,3,5,11-14,19H2,1H3;2*1H/t25-;;/m1../s1. The highest BCUT2D eigenvalue weighted by Gasteiger charge is 2.35. The van der Waals surface area contributed by atoms with Crippen molar-refractivity contribution >= 4 is 30.7 Å². The zero-order valence-corrected chi connectivity index (χ0v) is 24.3. The van der Waals surface area contributed by atoms with Crippen molar-refractivity contribution in [3.8, 4) is 5.75 Å². The molecule has 2 heterocycles. The number of rotatable bonds is 8. The maximum Gasteiger partial charge on any atom is 0.416 e. The van der Waals surface area contributed by atoms with Gasteiger partial charge in [-0.25, -0.2) is 0 Å². The van der Waals surface area contributed by atoms with E-state index >= 15 is 0 Å². The highest BCUT2D eigenvalue weighted by atomic mass is 35.5. The van der Waals surface area contributed by atoms with E-state index < -0.39 is 35.4 Å². The summed E-state index contributed by atoms with van der Waals surface area (Å²) in [5.74, 6) is -0.678. The van der Waals surface area contributed by atoms with Crippen LogP contribution in [-0.4, -0.2) is 60.0 Å². The molecule has 1 amide bonds. The van der Waals surface area contributed by atoms with Crippen LogP contribution in [-0.2, 0) is 25.2 Å². The van der Waals surface area contributed by atoms with Crippen LogP contribution >= 0.6 is 24.8 Å². The van der Waals surface area contributed by atoms with Gasteiger partial charge in [0, 0.05) is 43.6 Å². The van der Waals surface area contributed by atoms with E-state index in [4.69, 9.17) is 4.74 Å². The molecule has 0 radical (unpaired) electrons. The Hall–Kier alpha value is -3.02. The summed E-state index contributed by atoms with van der Waals surface area (Å²) in [5.41, 5.74) is -0.246. The summed E-state index contributed by atoms with van der Waals surface area (Å²) in [7, 11) is 1.22. The van der Waals surface area contributed by atoms with Gasteiger partial charge in [0.1, 0.15) is 5.75 Å². The first kappa shape index (κ1) is 35.2. The van der Waals surface area contributed by atoms with Crippen LogP contribution < -0.4 is 4.74 Å². The van der Waals surface area contributed by atoms with Crippen LogP contribution in [0.25, 0.3) is 0 Å². The lowest BCUT2D eigenvalue weighted by molar-refractivity contribution is -0.138. The number of ether oxygens (including phenoxy) is 1. The Labute approximate surface area is 252 Å². The molecule has 5 nitrogen and oxygen atoms in total. The largest absolute Gasteiger partial charge is 0.497 e. The third-order valence-electron chi connectivity index (χ3n) is 6.96. The second-order valence-corrected chi connectivity index (χ2v) is 9.76. The highest BCUT2D eigenvalue weighted by Crippen LogP contribution is 2.34. The molecule has 0 saturated carbocycles. The normalized spacial score (nSPS) is 15.9. The molecule has 0 aliphatic carbocycles. The summed E-state index contributed by atoms with van der Waals surface area (Å²) < 4.78 is 84.6. The molecule has 1 saturated heterocycles. The van der Waals surface area contributed by atoms with Gasteiger partial charge in [-0.3, -0.25) is 14.7 Å². The van der Waals surface area contributed by atoms with E-state index in [9.17, 15) is 31.1 Å². The molecule has 1 aromatic heterocycles. The van der Waals surface area contributed by atoms with Gasteiger partial charge >= 0.3 is 12.4 Å². The molecule has 2 aromatic carbocycles. The predicted octanol–water partition coefficient (Wildman–Crippen LogP) is 6.97. The Morgan fingerprint density at radius 1 is 0.929 bits per heavy atom. The summed E-state index contributed by atoms with van der Waals surface area (Å²) >= 11 is 0. The van der Waals surface area contributed by atoms with E-state index in [2.05, 4.69) is 9.88 Å². The van der Waals surface area contributed by atoms with Crippen LogP contribution in [0.2, 0.25) is 0 Å². The molecule has 4 rings (SSSR count). The number of benzene rings is 2. The SMILES string of the molecule is COc1cc(C(=O)N2CCN(CCCc3cccnc3)C[C@H]2Cc2ccc(C(F)(F)F)cc2)cc(C(F)(F)F)c1.Cl.Cl. The van der Waals surface area contributed by atoms with Gasteiger partial charge in [-0.2, -0.15) is 26.3 Å². The number of pyridine rings is 1. The summed E-state index contributed by atoms with van der Waals surface area (Å²) in [6.07, 6.45) is -3.76. The maximum atomic E-state index is 13.6. The number of amides is 1. The summed E-state index contributed by atoms with van der Waals surface area (Å²) in [4.78, 5) is 21.4. The van der Waals surface area contributed by atoms with Crippen molar-refractivity contribution in [1.29, 1.82) is 0 Å². The van der Waals surface area contributed by atoms with Crippen LogP contribution in [0.15, 0.2) is 67.0 Å². The minimum atomic E-state index is -4.67. The fourth-order valence-electron chi connectivity index (χ4n) is 4.89. The number of alkyl halides is 6. The van der Waals surface area contributed by atoms with E-state index in [1.807, 2.05) is 12.1 Å². The number of piperazine rings is 1. The van der Waals surface area contributed by atoms with Gasteiger partial charge < -0.3 is 9.64 Å². The maximum absolute atomic E-state index is 13.6. The monoisotopic (exact) mass is 637 g/mol. The lowest BCUT2D eigenvalue weighted by Gasteiger charge is -2.42. The lowest BCUT2D eigenvalue weighted by Crippen LogP contribution is -2.56. The second-order valence-electron chi connectivity index (χ2n) is 9.76. The molecule has 0 unspecified atom stereocenters. The number of halogens is 8. The molecular weight excluding hydrogens is 607 g/mol. The van der Waals surface area contributed by atoms with Crippen molar-refractivity contribution < 1.29 is 35.9 Å². The fourth-order valence-corrected chi connectivity index (χ4v) is 4.89. The molecule has 0 spiro atoms. The Kier molecular flexibility index (Phi) is 12.5. The molecule has 1 aliphatic rings. The fraction of sp³-hybridized carbons (Fsp3) is 0.379. The van der Waals surface area contributed by atoms with Crippen LogP contribution in [0.4, 0.5) is 26.3 Å². The molecule has 13 heteroatoms. The first-order chi connectivity index (χ1) is 18.9. The van der Waals surface area contributed by atoms with Crippen molar-refractivity contribution in [2.45, 2.75) is 37.7 Å². The Balaban J connectivity index is 0.00000308. The van der Waals surface area contributed by atoms with Crippen molar-refractivity contribution in [3.63, 3.8) is 0 Å². The van der Waals surface area contributed by atoms with Crippen molar-refractivity contribution in [1.82, 2.24) is 14.8 Å². The number of carbonyl (C=O) groups excluding carboxylic acids is 1. The third kappa shape index (κ3) is 9.24. The van der Waals surface area contributed by atoms with Crippen LogP contribution in [0.3, 0.4) is 0 Å². The van der Waals surface area contributed by atoms with E-state index in [1.54, 1.807) is 12.4 Å². The zero-order valence-electron chi connectivity index (χ0n) is 22.6. The number of nitrogens with zero attached hydrogens (tertiary/aromatic N) is 3. The average molecular weight is 638 g/mol. The molecule has 230 valence electrons. The second kappa shape index (κ2) is 14.9. The first-order valence-electron chi connectivity index (χ1n) is 12.8. The van der Waals surface area contributed by atoms with Crippen LogP contribution in [0.5, 0.6) is 5.75 Å². The summed E-state index contributed by atoms with van der Waals surface area (Å²) in [6.45, 7) is 1.92. The van der Waals surface area contributed by atoms with Gasteiger partial charge in [0.25, 0.3) is 5.91 Å². The Morgan fingerprint density at radius 3 is 2.21 bits per heavy atom. The number of aryl methyl sites for hydroxylation is 1. The summed E-state index contributed by atoms with van der Waals surface area (Å²) in [6, 6.07) is 11.0. The molecule has 1 aliphatic heterocycles. The Bertz CT molecular complexity index is 1290. The number of methoxy groups -OCH3 is 1. The zero-order chi connectivity index (χ0) is 28.9. The van der Waals surface area contributed by atoms with E-state index in [-0.39, 0.29) is 49.1 Å². The van der Waals surface area contributed by atoms with E-state index in [1.165, 1.54) is 30.2 Å². The number of hydrogen-bond donors (Lipinski definition) is 0. The van der Waals surface area contributed by atoms with E-state index in [0.29, 0.717) is 18.7 Å². The minimum absolute atomic E-state index is 0. The molecule has 1 fully saturated rings. The minimum Gasteiger partial charge on any atom is -0.497 e. The topological polar surface area (TPSA) is 45.7 Å². The quantitative estimate of drug-likeness (QED) is 0.250. The third-order valence-corrected chi connectivity index (χ3v) is 6.96. The van der Waals surface area contributed by atoms with Gasteiger partial charge in [-0.05, 0) is 73.3 Å². The van der Waals surface area contributed by atoms with Crippen LogP contribution in [0, 0.1) is 0 Å². The van der Waals surface area contributed by atoms with Gasteiger partial charge in [0.2, 0.25) is 0 Å². The molecule has 0 bridgehead atoms. The van der Waals surface area contributed by atoms with E-state index in [0.717, 1.165) is 49.2 Å². The molecule has 1 atom stereocenters. The van der Waals surface area contributed by atoms with Crippen molar-refractivity contribution in [3.05, 3.63) is 94.8 Å². The smallest absolute Gasteiger partial charge is 0.416 e. The molecule has 42 heavy (non-hydrogen) atoms. The van der Waals surface area contributed by atoms with Gasteiger partial charge in [-0.15, -0.1) is 24.8 Å². The van der Waals surface area contributed by atoms with Gasteiger partial charge in [-0.1, -0.05) is 18.2 Å². The van der Waals surface area contributed by atoms with Crippen molar-refractivity contribution in [2.24, 2.45) is 0 Å². The first-order valence-corrected chi connectivity index (χ1v) is 12.8. The number of aromatic nitrogens is 1. The molecule has 3 aromatic rings. The van der Waals surface area contributed by atoms with Crippen LogP contribution in [0.1, 0.15) is 39.0 Å². The summed E-state index contributed by atoms with van der Waals surface area (Å²) in [5, 5.41) is 0. The predicted molar refractivity (Wildman–Crippen MR) is 151 cm³/mol. The van der Waals surface area contributed by atoms with Gasteiger partial charge in [0.05, 0.1) is 18.2 Å². The highest BCUT2D eigenvalue weighted by molar-refractivity contribution is 5.95. The molecule has 0 N–H and O–H groups in total. The average Bonchev–Trinajstić information content (AvgIpc) is 2.92. The van der Waals surface area contributed by atoms with Crippen molar-refractivity contribution in [2.75, 3.05) is 33.3 Å². The lowest BCUT2D eigenvalue weighted by atomic mass is 9.99. The number of carbonyl (C=O) groups is 1. The Morgan fingerprint density at radius 2 is 1.62 bits per heavy atom. The number of hydrogen-bond acceptors (Lipinski definition) is 4. The van der Waals surface area contributed by atoms with Gasteiger partial charge in [0.15, 0.2) is 0 Å².